The molecule has 3 aromatic carbocycles. The molecule has 20 heteroatoms. The van der Waals surface area contributed by atoms with E-state index in [9.17, 15) is 47.9 Å². The molecule has 0 aliphatic carbocycles. The van der Waals surface area contributed by atoms with E-state index in [0.717, 1.165) is 42.5 Å². The second-order valence-corrected chi connectivity index (χ2v) is 13.7. The Morgan fingerprint density at radius 2 is 1.42 bits per heavy atom. The number of sulfone groups is 1. The third-order valence-corrected chi connectivity index (χ3v) is 8.89. The molecule has 0 aliphatic rings. The van der Waals surface area contributed by atoms with Crippen LogP contribution in [-0.4, -0.2) is 64.8 Å². The van der Waals surface area contributed by atoms with Gasteiger partial charge >= 0.3 is 10.4 Å². The number of nitrogens with zero attached hydrogens (tertiary/aromatic N) is 2. The summed E-state index contributed by atoms with van der Waals surface area (Å²) in [4.78, 5) is -2.14. The lowest BCUT2D eigenvalue weighted by molar-refractivity contribution is 0.284. The average molecular weight is 631 g/mol. The zero-order valence-corrected chi connectivity index (χ0v) is 22.3. The van der Waals surface area contributed by atoms with Crippen LogP contribution in [0.25, 0.3) is 10.8 Å². The first kappa shape index (κ1) is 29.8. The van der Waals surface area contributed by atoms with E-state index in [4.69, 9.17) is 16.2 Å². The standard InChI is InChI=1S/C18H15ClN2O13S4/c19-14-4-2-11(35(23,24)6-5-34-38(31,32)33)9-15(14)20-21-17-13-3-1-12(36(25,26)27)7-10(13)8-16(18(17)22)37(28,29)30/h1-4,7-9,22H,5-6H2,(H,25,26,27)(H,28,29,30)(H,31,32,33). The molecule has 0 aromatic heterocycles. The van der Waals surface area contributed by atoms with Gasteiger partial charge in [-0.25, -0.2) is 12.6 Å². The minimum Gasteiger partial charge on any atom is -0.504 e. The van der Waals surface area contributed by atoms with Crippen molar-refractivity contribution in [3.05, 3.63) is 47.5 Å². The number of phenols is 1. The molecule has 3 aromatic rings. The molecule has 206 valence electrons. The van der Waals surface area contributed by atoms with Crippen molar-refractivity contribution in [3.8, 4) is 5.75 Å². The molecule has 0 unspecified atom stereocenters. The van der Waals surface area contributed by atoms with Gasteiger partial charge in [-0.15, -0.1) is 10.2 Å². The average Bonchev–Trinajstić information content (AvgIpc) is 2.76. The Hall–Kier alpha value is -2.75. The number of halogens is 1. The second-order valence-electron chi connectivity index (χ2n) is 7.29. The van der Waals surface area contributed by atoms with Gasteiger partial charge < -0.3 is 5.11 Å². The van der Waals surface area contributed by atoms with Gasteiger partial charge in [0.15, 0.2) is 15.6 Å². The lowest BCUT2D eigenvalue weighted by atomic mass is 10.1. The largest absolute Gasteiger partial charge is 0.504 e. The van der Waals surface area contributed by atoms with E-state index in [-0.39, 0.29) is 21.5 Å². The summed E-state index contributed by atoms with van der Waals surface area (Å²) < 4.78 is 124. The molecule has 3 rings (SSSR count). The Bertz CT molecular complexity index is 1900. The molecule has 4 N–H and O–H groups in total. The van der Waals surface area contributed by atoms with Crippen LogP contribution in [0.4, 0.5) is 11.4 Å². The summed E-state index contributed by atoms with van der Waals surface area (Å²) in [5, 5.41) is 17.5. The predicted octanol–water partition coefficient (Wildman–Crippen LogP) is 2.70. The highest BCUT2D eigenvalue weighted by Crippen LogP contribution is 2.42. The summed E-state index contributed by atoms with van der Waals surface area (Å²) in [5.41, 5.74) is -0.911. The summed E-state index contributed by atoms with van der Waals surface area (Å²) in [6, 6.07) is 6.59. The van der Waals surface area contributed by atoms with Crippen molar-refractivity contribution in [3.63, 3.8) is 0 Å². The van der Waals surface area contributed by atoms with Gasteiger partial charge in [-0.3, -0.25) is 13.7 Å². The van der Waals surface area contributed by atoms with E-state index in [2.05, 4.69) is 14.4 Å². The number of fused-ring (bicyclic) bond motifs is 1. The van der Waals surface area contributed by atoms with Crippen molar-refractivity contribution >= 4 is 74.2 Å². The summed E-state index contributed by atoms with van der Waals surface area (Å²) in [5.74, 6) is -1.96. The summed E-state index contributed by atoms with van der Waals surface area (Å²) in [7, 11) is -18.9. The number of aromatic hydroxyl groups is 1. The third kappa shape index (κ3) is 7.01. The van der Waals surface area contributed by atoms with Crippen LogP contribution < -0.4 is 0 Å². The van der Waals surface area contributed by atoms with Crippen LogP contribution in [0.15, 0.2) is 67.4 Å². The normalized spacial score (nSPS) is 13.4. The van der Waals surface area contributed by atoms with Crippen LogP contribution in [0.2, 0.25) is 5.02 Å². The summed E-state index contributed by atoms with van der Waals surface area (Å²) >= 11 is 6.03. The molecular formula is C18H15ClN2O13S4. The van der Waals surface area contributed by atoms with Crippen LogP contribution in [0.3, 0.4) is 0 Å². The number of benzene rings is 3. The molecule has 0 heterocycles. The molecule has 0 fully saturated rings. The van der Waals surface area contributed by atoms with Crippen molar-refractivity contribution in [2.45, 2.75) is 14.7 Å². The first-order valence-electron chi connectivity index (χ1n) is 9.60. The number of rotatable bonds is 9. The second kappa shape index (κ2) is 10.4. The van der Waals surface area contributed by atoms with E-state index < -0.39 is 79.0 Å². The fourth-order valence-corrected chi connectivity index (χ4v) is 5.81. The van der Waals surface area contributed by atoms with Crippen molar-refractivity contribution in [2.75, 3.05) is 12.4 Å². The topological polar surface area (TPSA) is 251 Å². The Labute approximate surface area is 220 Å². The van der Waals surface area contributed by atoms with Crippen molar-refractivity contribution in [1.82, 2.24) is 0 Å². The Balaban J connectivity index is 2.14. The highest BCUT2D eigenvalue weighted by Gasteiger charge is 2.23. The fourth-order valence-electron chi connectivity index (χ4n) is 3.02. The Morgan fingerprint density at radius 1 is 0.789 bits per heavy atom. The summed E-state index contributed by atoms with van der Waals surface area (Å²) in [6.45, 7) is -0.908. The van der Waals surface area contributed by atoms with Gasteiger partial charge in [-0.05, 0) is 41.8 Å². The predicted molar refractivity (Wildman–Crippen MR) is 130 cm³/mol. The molecule has 0 aliphatic heterocycles. The van der Waals surface area contributed by atoms with Gasteiger partial charge in [0.2, 0.25) is 0 Å². The molecule has 0 radical (unpaired) electrons. The van der Waals surface area contributed by atoms with Gasteiger partial charge in [0.25, 0.3) is 20.2 Å². The number of hydrogen-bond donors (Lipinski definition) is 4. The first-order valence-corrected chi connectivity index (χ1v) is 15.9. The maximum absolute atomic E-state index is 12.5. The van der Waals surface area contributed by atoms with Crippen molar-refractivity contribution < 1.29 is 56.6 Å². The quantitative estimate of drug-likeness (QED) is 0.196. The fraction of sp³-hybridized carbons (Fsp3) is 0.111. The summed E-state index contributed by atoms with van der Waals surface area (Å²) in [6.07, 6.45) is 0. The van der Waals surface area contributed by atoms with Crippen LogP contribution in [0.1, 0.15) is 0 Å². The molecule has 0 saturated carbocycles. The SMILES string of the molecule is O=S(=O)(O)OCCS(=O)(=O)c1ccc(Cl)c(N=Nc2c(O)c(S(=O)(=O)O)cc3cc(S(=O)(=O)O)ccc23)c1. The van der Waals surface area contributed by atoms with Gasteiger partial charge in [0, 0.05) is 5.39 Å². The lowest BCUT2D eigenvalue weighted by Gasteiger charge is -2.10. The maximum Gasteiger partial charge on any atom is 0.397 e. The molecular weight excluding hydrogens is 616 g/mol. The Kier molecular flexibility index (Phi) is 8.18. The van der Waals surface area contributed by atoms with Crippen LogP contribution in [0.5, 0.6) is 5.75 Å². The zero-order chi connectivity index (χ0) is 28.7. The van der Waals surface area contributed by atoms with E-state index in [0.29, 0.717) is 0 Å². The zero-order valence-electron chi connectivity index (χ0n) is 18.3. The van der Waals surface area contributed by atoms with Gasteiger partial charge in [-0.1, -0.05) is 17.7 Å². The smallest absolute Gasteiger partial charge is 0.397 e. The Morgan fingerprint density at radius 3 is 2.00 bits per heavy atom. The van der Waals surface area contributed by atoms with Crippen molar-refractivity contribution in [1.29, 1.82) is 0 Å². The van der Waals surface area contributed by atoms with Crippen LogP contribution in [0, 0.1) is 0 Å². The number of hydrogen-bond acceptors (Lipinski definition) is 12. The molecule has 38 heavy (non-hydrogen) atoms. The molecule has 0 saturated heterocycles. The monoisotopic (exact) mass is 630 g/mol. The van der Waals surface area contributed by atoms with Crippen LogP contribution >= 0.6 is 11.6 Å². The third-order valence-electron chi connectivity index (χ3n) is 4.72. The molecule has 0 bridgehead atoms. The van der Waals surface area contributed by atoms with E-state index in [1.54, 1.807) is 0 Å². The molecule has 15 nitrogen and oxygen atoms in total. The van der Waals surface area contributed by atoms with E-state index in [1.165, 1.54) is 0 Å². The van der Waals surface area contributed by atoms with E-state index in [1.807, 2.05) is 0 Å². The molecule has 0 atom stereocenters. The number of azo groups is 1. The lowest BCUT2D eigenvalue weighted by Crippen LogP contribution is -2.15. The van der Waals surface area contributed by atoms with E-state index >= 15 is 0 Å². The highest BCUT2D eigenvalue weighted by molar-refractivity contribution is 7.91. The van der Waals surface area contributed by atoms with Crippen LogP contribution in [-0.2, 0) is 44.7 Å². The molecule has 0 spiro atoms. The molecule has 0 amide bonds. The maximum atomic E-state index is 12.5. The van der Waals surface area contributed by atoms with Gasteiger partial charge in [0.05, 0.1) is 27.2 Å². The van der Waals surface area contributed by atoms with Gasteiger partial charge in [-0.2, -0.15) is 25.3 Å². The number of phenolic OH excluding ortho intramolecular Hbond substituents is 1. The minimum atomic E-state index is -5.07. The van der Waals surface area contributed by atoms with Crippen molar-refractivity contribution in [2.24, 2.45) is 10.2 Å². The minimum absolute atomic E-state index is 0.0895. The first-order chi connectivity index (χ1) is 17.3. The van der Waals surface area contributed by atoms with Gasteiger partial charge in [0.1, 0.15) is 16.3 Å². The highest BCUT2D eigenvalue weighted by atomic mass is 35.5.